The van der Waals surface area contributed by atoms with E-state index in [0.29, 0.717) is 19.8 Å². The van der Waals surface area contributed by atoms with Crippen molar-refractivity contribution in [1.82, 2.24) is 0 Å². The summed E-state index contributed by atoms with van der Waals surface area (Å²) in [6, 6.07) is 5.74. The number of benzene rings is 1. The van der Waals surface area contributed by atoms with Crippen LogP contribution in [0.5, 0.6) is 11.5 Å². The van der Waals surface area contributed by atoms with E-state index in [1.54, 1.807) is 0 Å². The molecule has 2 rings (SSSR count). The molecule has 1 aliphatic heterocycles. The maximum Gasteiger partial charge on any atom is 0.161 e. The Hall–Kier alpha value is -1.26. The molecule has 0 saturated carbocycles. The molecule has 1 heterocycles. The Labute approximate surface area is 121 Å². The van der Waals surface area contributed by atoms with Crippen molar-refractivity contribution in [1.29, 1.82) is 0 Å². The minimum absolute atomic E-state index is 0.190. The van der Waals surface area contributed by atoms with Gasteiger partial charge in [-0.05, 0) is 38.0 Å². The number of hydrogen-bond donors (Lipinski definition) is 1. The van der Waals surface area contributed by atoms with Crippen LogP contribution in [0.2, 0.25) is 0 Å². The quantitative estimate of drug-likeness (QED) is 0.900. The summed E-state index contributed by atoms with van der Waals surface area (Å²) in [7, 11) is 0. The molecule has 0 radical (unpaired) electrons. The van der Waals surface area contributed by atoms with Gasteiger partial charge in [-0.1, -0.05) is 13.0 Å². The van der Waals surface area contributed by atoms with E-state index in [4.69, 9.17) is 19.9 Å². The molecule has 2 N–H and O–H groups in total. The molecule has 0 amide bonds. The van der Waals surface area contributed by atoms with E-state index in [9.17, 15) is 0 Å². The Morgan fingerprint density at radius 3 is 2.60 bits per heavy atom. The van der Waals surface area contributed by atoms with Crippen molar-refractivity contribution < 1.29 is 14.2 Å². The summed E-state index contributed by atoms with van der Waals surface area (Å²) < 4.78 is 17.2. The largest absolute Gasteiger partial charge is 0.490 e. The summed E-state index contributed by atoms with van der Waals surface area (Å²) in [4.78, 5) is 0. The van der Waals surface area contributed by atoms with Gasteiger partial charge in [0.2, 0.25) is 0 Å². The van der Waals surface area contributed by atoms with Gasteiger partial charge < -0.3 is 19.9 Å². The molecule has 4 heteroatoms. The summed E-state index contributed by atoms with van der Waals surface area (Å²) in [5.41, 5.74) is 7.07. The lowest BCUT2D eigenvalue weighted by atomic mass is 9.88. The maximum atomic E-state index is 6.42. The van der Waals surface area contributed by atoms with Gasteiger partial charge in [-0.2, -0.15) is 0 Å². The molecule has 0 aliphatic carbocycles. The monoisotopic (exact) mass is 279 g/mol. The highest BCUT2D eigenvalue weighted by Gasteiger charge is 2.32. The molecule has 0 aromatic heterocycles. The van der Waals surface area contributed by atoms with E-state index in [2.05, 4.69) is 13.8 Å². The fraction of sp³-hybridized carbons (Fsp3) is 0.625. The molecule has 2 atom stereocenters. The highest BCUT2D eigenvalue weighted by Crippen LogP contribution is 2.36. The van der Waals surface area contributed by atoms with Crippen molar-refractivity contribution >= 4 is 0 Å². The van der Waals surface area contributed by atoms with Gasteiger partial charge in [-0.3, -0.25) is 0 Å². The lowest BCUT2D eigenvalue weighted by Crippen LogP contribution is -2.40. The average molecular weight is 279 g/mol. The highest BCUT2D eigenvalue weighted by atomic mass is 16.5. The highest BCUT2D eigenvalue weighted by molar-refractivity contribution is 5.44. The van der Waals surface area contributed by atoms with Crippen molar-refractivity contribution in [3.63, 3.8) is 0 Å². The average Bonchev–Trinajstić information content (AvgIpc) is 2.71. The summed E-state index contributed by atoms with van der Waals surface area (Å²) in [5.74, 6) is 1.58. The number of nitrogens with two attached hydrogens (primary N) is 1. The van der Waals surface area contributed by atoms with E-state index in [-0.39, 0.29) is 11.6 Å². The van der Waals surface area contributed by atoms with Gasteiger partial charge in [-0.15, -0.1) is 0 Å². The first kappa shape index (κ1) is 15.1. The number of hydrogen-bond acceptors (Lipinski definition) is 4. The topological polar surface area (TPSA) is 53.7 Å². The van der Waals surface area contributed by atoms with Crippen LogP contribution < -0.4 is 15.2 Å². The first-order valence-electron chi connectivity index (χ1n) is 7.39. The van der Waals surface area contributed by atoms with Crippen molar-refractivity contribution in [3.05, 3.63) is 23.8 Å². The molecule has 1 aliphatic rings. The maximum absolute atomic E-state index is 6.42. The number of ether oxygens (including phenoxy) is 3. The van der Waals surface area contributed by atoms with Crippen LogP contribution in [0.15, 0.2) is 18.2 Å². The standard InChI is InChI=1S/C16H25NO3/c1-4-16(3,20-5-2)15(17)12-7-8-13-14(11-12)19-10-6-9-18-13/h7-8,11,15H,4-6,9-10,17H2,1-3H3. The molecule has 112 valence electrons. The first-order chi connectivity index (χ1) is 9.60. The predicted octanol–water partition coefficient (Wildman–Crippen LogP) is 3.05. The smallest absolute Gasteiger partial charge is 0.161 e. The molecular formula is C16H25NO3. The van der Waals surface area contributed by atoms with Crippen molar-refractivity contribution in [3.8, 4) is 11.5 Å². The molecule has 1 aromatic rings. The second kappa shape index (κ2) is 6.46. The zero-order chi connectivity index (χ0) is 14.6. The van der Waals surface area contributed by atoms with Gasteiger partial charge in [0.15, 0.2) is 11.5 Å². The van der Waals surface area contributed by atoms with Crippen LogP contribution >= 0.6 is 0 Å². The van der Waals surface area contributed by atoms with E-state index in [1.807, 2.05) is 25.1 Å². The molecule has 4 nitrogen and oxygen atoms in total. The molecule has 0 saturated heterocycles. The number of rotatable bonds is 5. The van der Waals surface area contributed by atoms with Crippen molar-refractivity contribution in [2.75, 3.05) is 19.8 Å². The third-order valence-corrected chi connectivity index (χ3v) is 3.96. The molecule has 0 spiro atoms. The van der Waals surface area contributed by atoms with Crippen LogP contribution in [-0.2, 0) is 4.74 Å². The summed E-state index contributed by atoms with van der Waals surface area (Å²) in [6.07, 6.45) is 1.76. The lowest BCUT2D eigenvalue weighted by molar-refractivity contribution is -0.0472. The van der Waals surface area contributed by atoms with E-state index in [1.165, 1.54) is 0 Å². The Morgan fingerprint density at radius 1 is 1.25 bits per heavy atom. The SMILES string of the molecule is CCOC(C)(CC)C(N)c1ccc2c(c1)OCCCO2. The van der Waals surface area contributed by atoms with Gasteiger partial charge in [0, 0.05) is 13.0 Å². The van der Waals surface area contributed by atoms with Gasteiger partial charge in [0.1, 0.15) is 0 Å². The Bertz CT molecular complexity index is 449. The molecular weight excluding hydrogens is 254 g/mol. The molecule has 0 fully saturated rings. The molecule has 0 bridgehead atoms. The van der Waals surface area contributed by atoms with Crippen LogP contribution in [0.1, 0.15) is 45.2 Å². The lowest BCUT2D eigenvalue weighted by Gasteiger charge is -2.34. The third kappa shape index (κ3) is 3.07. The summed E-state index contributed by atoms with van der Waals surface area (Å²) in [6.45, 7) is 8.19. The van der Waals surface area contributed by atoms with Gasteiger partial charge in [-0.25, -0.2) is 0 Å². The molecule has 20 heavy (non-hydrogen) atoms. The van der Waals surface area contributed by atoms with Gasteiger partial charge in [0.25, 0.3) is 0 Å². The molecule has 1 aromatic carbocycles. The minimum Gasteiger partial charge on any atom is -0.490 e. The fourth-order valence-corrected chi connectivity index (χ4v) is 2.47. The number of fused-ring (bicyclic) bond motifs is 1. The van der Waals surface area contributed by atoms with E-state index < -0.39 is 0 Å². The van der Waals surface area contributed by atoms with E-state index in [0.717, 1.165) is 29.9 Å². The van der Waals surface area contributed by atoms with Crippen LogP contribution in [0.3, 0.4) is 0 Å². The summed E-state index contributed by atoms with van der Waals surface area (Å²) >= 11 is 0. The second-order valence-corrected chi connectivity index (χ2v) is 5.33. The van der Waals surface area contributed by atoms with E-state index >= 15 is 0 Å². The second-order valence-electron chi connectivity index (χ2n) is 5.33. The summed E-state index contributed by atoms with van der Waals surface area (Å²) in [5, 5.41) is 0. The van der Waals surface area contributed by atoms with Gasteiger partial charge in [0.05, 0.1) is 24.9 Å². The zero-order valence-electron chi connectivity index (χ0n) is 12.6. The molecule has 2 unspecified atom stereocenters. The van der Waals surface area contributed by atoms with Crippen LogP contribution in [0, 0.1) is 0 Å². The third-order valence-electron chi connectivity index (χ3n) is 3.96. The fourth-order valence-electron chi connectivity index (χ4n) is 2.47. The zero-order valence-corrected chi connectivity index (χ0v) is 12.6. The predicted molar refractivity (Wildman–Crippen MR) is 79.3 cm³/mol. The van der Waals surface area contributed by atoms with Crippen molar-refractivity contribution in [2.45, 2.75) is 45.3 Å². The van der Waals surface area contributed by atoms with Crippen LogP contribution in [0.4, 0.5) is 0 Å². The Morgan fingerprint density at radius 2 is 1.95 bits per heavy atom. The van der Waals surface area contributed by atoms with Crippen molar-refractivity contribution in [2.24, 2.45) is 5.73 Å². The normalized spacial score (nSPS) is 19.0. The minimum atomic E-state index is -0.366. The van der Waals surface area contributed by atoms with Crippen LogP contribution in [-0.4, -0.2) is 25.4 Å². The Kier molecular flexibility index (Phi) is 4.89. The first-order valence-corrected chi connectivity index (χ1v) is 7.39. The van der Waals surface area contributed by atoms with Crippen LogP contribution in [0.25, 0.3) is 0 Å². The Balaban J connectivity index is 2.26. The van der Waals surface area contributed by atoms with Gasteiger partial charge >= 0.3 is 0 Å².